The fourth-order valence-corrected chi connectivity index (χ4v) is 3.51. The Morgan fingerprint density at radius 1 is 1.16 bits per heavy atom. The second kappa shape index (κ2) is 9.62. The highest BCUT2D eigenvalue weighted by molar-refractivity contribution is 6.62. The highest BCUT2D eigenvalue weighted by Crippen LogP contribution is 2.24. The van der Waals surface area contributed by atoms with Gasteiger partial charge in [0.2, 0.25) is 0 Å². The molecule has 0 rings (SSSR count). The molecule has 0 amide bonds. The summed E-state index contributed by atoms with van der Waals surface area (Å²) in [5.74, 6) is 0. The Morgan fingerprint density at radius 2 is 1.68 bits per heavy atom. The first-order valence-electron chi connectivity index (χ1n) is 5.58. The van der Waals surface area contributed by atoms with E-state index in [2.05, 4.69) is 0 Å². The molecular formula is C10H19ClF2O5Si. The Bertz CT molecular complexity index is 277. The number of ether oxygens (including phenoxy) is 2. The molecule has 0 radical (unpaired) electrons. The third-order valence-corrected chi connectivity index (χ3v) is 5.42. The fourth-order valence-electron chi connectivity index (χ4n) is 1.46. The Kier molecular flexibility index (Phi) is 9.49. The molecule has 0 aliphatic rings. The van der Waals surface area contributed by atoms with Gasteiger partial charge in [-0.25, -0.2) is 0 Å². The molecule has 19 heavy (non-hydrogen) atoms. The van der Waals surface area contributed by atoms with E-state index in [1.165, 1.54) is 21.3 Å². The number of hydrogen-bond donors (Lipinski definition) is 0. The Hall–Kier alpha value is -0.253. The molecule has 0 aromatic carbocycles. The predicted molar refractivity (Wildman–Crippen MR) is 67.9 cm³/mol. The summed E-state index contributed by atoms with van der Waals surface area (Å²) < 4.78 is 51.2. The van der Waals surface area contributed by atoms with Crippen molar-refractivity contribution in [2.45, 2.75) is 19.1 Å². The summed E-state index contributed by atoms with van der Waals surface area (Å²) in [6.45, 7) is 2.54. The summed E-state index contributed by atoms with van der Waals surface area (Å²) in [7, 11) is 0.719. The Labute approximate surface area is 117 Å². The molecule has 0 aromatic rings. The minimum Gasteiger partial charge on any atom is -0.460 e. The van der Waals surface area contributed by atoms with Crippen LogP contribution in [0.1, 0.15) is 13.3 Å². The van der Waals surface area contributed by atoms with Gasteiger partial charge in [-0.2, -0.15) is 8.78 Å². The zero-order chi connectivity index (χ0) is 14.9. The molecule has 114 valence electrons. The van der Waals surface area contributed by atoms with E-state index >= 15 is 0 Å². The van der Waals surface area contributed by atoms with Gasteiger partial charge in [0, 0.05) is 34.4 Å². The summed E-state index contributed by atoms with van der Waals surface area (Å²) in [6, 6.07) is -1.54. The van der Waals surface area contributed by atoms with Crippen LogP contribution in [0.4, 0.5) is 8.78 Å². The van der Waals surface area contributed by atoms with Crippen LogP contribution in [0.5, 0.6) is 0 Å². The van der Waals surface area contributed by atoms with E-state index in [-0.39, 0.29) is 13.0 Å². The smallest absolute Gasteiger partial charge is 0.460 e. The largest absolute Gasteiger partial charge is 0.543 e. The number of halogens is 3. The summed E-state index contributed by atoms with van der Waals surface area (Å²) in [5.41, 5.74) is -0.969. The molecule has 0 aromatic heterocycles. The minimum atomic E-state index is -3.31. The maximum Gasteiger partial charge on any atom is 0.543 e. The first-order valence-corrected chi connectivity index (χ1v) is 7.76. The van der Waals surface area contributed by atoms with Crippen molar-refractivity contribution in [3.05, 3.63) is 11.3 Å². The van der Waals surface area contributed by atoms with Crippen molar-refractivity contribution in [1.82, 2.24) is 0 Å². The van der Waals surface area contributed by atoms with Crippen molar-refractivity contribution in [2.75, 3.05) is 34.5 Å². The molecule has 9 heteroatoms. The molecule has 0 aliphatic heterocycles. The summed E-state index contributed by atoms with van der Waals surface area (Å²) in [5, 5.41) is -1.58. The van der Waals surface area contributed by atoms with Gasteiger partial charge in [-0.3, -0.25) is 0 Å². The van der Waals surface area contributed by atoms with E-state index in [1.807, 2.05) is 6.92 Å². The first kappa shape index (κ1) is 18.7. The lowest BCUT2D eigenvalue weighted by Crippen LogP contribution is -2.55. The normalized spacial score (nSPS) is 15.1. The lowest BCUT2D eigenvalue weighted by Gasteiger charge is -2.31. The zero-order valence-corrected chi connectivity index (χ0v) is 13.1. The standard InChI is InChI=1S/C10H19ClF2O5Si/c1-5-17-7-6-8(18-10(13)9(11)12)19(14-2,15-3)16-4/h8H,5-7H2,1-4H3. The van der Waals surface area contributed by atoms with Crippen molar-refractivity contribution in [3.8, 4) is 0 Å². The molecule has 0 fully saturated rings. The number of hydrogen-bond acceptors (Lipinski definition) is 5. The molecule has 0 aliphatic carbocycles. The SMILES string of the molecule is CCOCCC(OC(F)=C(F)Cl)[Si](OC)(OC)OC. The topological polar surface area (TPSA) is 46.2 Å². The maximum absolute atomic E-state index is 13.2. The van der Waals surface area contributed by atoms with Gasteiger partial charge in [0.1, 0.15) is 0 Å². The van der Waals surface area contributed by atoms with Crippen LogP contribution in [0.3, 0.4) is 0 Å². The van der Waals surface area contributed by atoms with Crippen molar-refractivity contribution >= 4 is 20.4 Å². The van der Waals surface area contributed by atoms with Crippen LogP contribution in [0.25, 0.3) is 0 Å². The first-order chi connectivity index (χ1) is 8.97. The fraction of sp³-hybridized carbons (Fsp3) is 0.800. The van der Waals surface area contributed by atoms with Crippen LogP contribution in [0.2, 0.25) is 0 Å². The van der Waals surface area contributed by atoms with Gasteiger partial charge in [-0.15, -0.1) is 0 Å². The van der Waals surface area contributed by atoms with Crippen molar-refractivity contribution in [3.63, 3.8) is 0 Å². The molecule has 1 unspecified atom stereocenters. The zero-order valence-electron chi connectivity index (χ0n) is 11.4. The third kappa shape index (κ3) is 5.72. The van der Waals surface area contributed by atoms with Crippen molar-refractivity contribution < 1.29 is 31.5 Å². The molecule has 0 N–H and O–H groups in total. The number of rotatable bonds is 10. The molecule has 0 heterocycles. The van der Waals surface area contributed by atoms with Crippen LogP contribution in [0, 0.1) is 0 Å². The highest BCUT2D eigenvalue weighted by atomic mass is 35.5. The van der Waals surface area contributed by atoms with Crippen LogP contribution >= 0.6 is 11.6 Å². The lowest BCUT2D eigenvalue weighted by atomic mass is 10.5. The average molecular weight is 321 g/mol. The van der Waals surface area contributed by atoms with Crippen molar-refractivity contribution in [2.24, 2.45) is 0 Å². The molecular weight excluding hydrogens is 302 g/mol. The Balaban J connectivity index is 4.97. The molecule has 0 bridgehead atoms. The van der Waals surface area contributed by atoms with E-state index < -0.39 is 25.8 Å². The monoisotopic (exact) mass is 320 g/mol. The quantitative estimate of drug-likeness (QED) is 0.351. The van der Waals surface area contributed by atoms with Crippen LogP contribution < -0.4 is 0 Å². The third-order valence-electron chi connectivity index (χ3n) is 2.37. The van der Waals surface area contributed by atoms with Crippen molar-refractivity contribution in [1.29, 1.82) is 0 Å². The lowest BCUT2D eigenvalue weighted by molar-refractivity contribution is 0.00339. The van der Waals surface area contributed by atoms with Gasteiger partial charge < -0.3 is 22.8 Å². The summed E-state index contributed by atoms with van der Waals surface area (Å²) >= 11 is 4.89. The van der Waals surface area contributed by atoms with Crippen LogP contribution in [0.15, 0.2) is 11.3 Å². The predicted octanol–water partition coefficient (Wildman–Crippen LogP) is 2.52. The second-order valence-electron chi connectivity index (χ2n) is 3.34. The average Bonchev–Trinajstić information content (AvgIpc) is 2.41. The maximum atomic E-state index is 13.2. The van der Waals surface area contributed by atoms with Gasteiger partial charge in [-0.05, 0) is 18.5 Å². The van der Waals surface area contributed by atoms with Gasteiger partial charge in [0.05, 0.1) is 6.61 Å². The molecule has 0 saturated heterocycles. The van der Waals surface area contributed by atoms with E-state index in [0.717, 1.165) is 0 Å². The van der Waals surface area contributed by atoms with Gasteiger partial charge in [0.15, 0.2) is 5.73 Å². The molecule has 0 saturated carbocycles. The molecule has 0 spiro atoms. The Morgan fingerprint density at radius 3 is 2.05 bits per heavy atom. The molecule has 1 atom stereocenters. The van der Waals surface area contributed by atoms with E-state index in [4.69, 9.17) is 34.4 Å². The second-order valence-corrected chi connectivity index (χ2v) is 6.75. The molecule has 5 nitrogen and oxygen atoms in total. The van der Waals surface area contributed by atoms with Crippen LogP contribution in [-0.2, 0) is 22.8 Å². The van der Waals surface area contributed by atoms with Gasteiger partial charge >= 0.3 is 14.8 Å². The van der Waals surface area contributed by atoms with Gasteiger partial charge in [0.25, 0.3) is 5.29 Å². The highest BCUT2D eigenvalue weighted by Gasteiger charge is 2.50. The van der Waals surface area contributed by atoms with E-state index in [9.17, 15) is 8.78 Å². The summed E-state index contributed by atoms with van der Waals surface area (Å²) in [4.78, 5) is 0. The van der Waals surface area contributed by atoms with Crippen LogP contribution in [-0.4, -0.2) is 49.1 Å². The van der Waals surface area contributed by atoms with E-state index in [1.54, 1.807) is 0 Å². The minimum absolute atomic E-state index is 0.202. The summed E-state index contributed by atoms with van der Waals surface area (Å²) in [6.07, 6.45) is 0.202. The van der Waals surface area contributed by atoms with E-state index in [0.29, 0.717) is 6.61 Å². The van der Waals surface area contributed by atoms with Gasteiger partial charge in [-0.1, -0.05) is 0 Å².